The Morgan fingerprint density at radius 1 is 1.24 bits per heavy atom. The number of nitrogens with two attached hydrogens (primary N) is 1. The van der Waals surface area contributed by atoms with Crippen molar-refractivity contribution in [3.05, 3.63) is 41.2 Å². The second-order valence-electron chi connectivity index (χ2n) is 3.54. The molecule has 0 atom stereocenters. The fourth-order valence-electron chi connectivity index (χ4n) is 1.37. The highest BCUT2D eigenvalue weighted by atomic mass is 35.5. The molecule has 17 heavy (non-hydrogen) atoms. The van der Waals surface area contributed by atoms with Crippen LogP contribution in [0.15, 0.2) is 30.6 Å². The molecule has 0 saturated carbocycles. The van der Waals surface area contributed by atoms with Crippen LogP contribution in [0.1, 0.15) is 5.56 Å². The molecule has 1 aromatic carbocycles. The number of nitrogens with one attached hydrogen (secondary N) is 2. The molecular formula is C11H12ClN5. The Labute approximate surface area is 104 Å². The molecule has 2 aromatic rings. The summed E-state index contributed by atoms with van der Waals surface area (Å²) in [4.78, 5) is 8.18. The Morgan fingerprint density at radius 2 is 2.00 bits per heavy atom. The first-order chi connectivity index (χ1) is 8.19. The van der Waals surface area contributed by atoms with E-state index in [2.05, 4.69) is 20.7 Å². The summed E-state index contributed by atoms with van der Waals surface area (Å²) in [7, 11) is 0. The van der Waals surface area contributed by atoms with Crippen LogP contribution in [-0.2, 0) is 0 Å². The van der Waals surface area contributed by atoms with Gasteiger partial charge in [-0.2, -0.15) is 0 Å². The minimum Gasteiger partial charge on any atom is -0.338 e. The highest BCUT2D eigenvalue weighted by Gasteiger charge is 2.03. The van der Waals surface area contributed by atoms with E-state index in [-0.39, 0.29) is 0 Å². The number of rotatable bonds is 3. The molecule has 4 N–H and O–H groups in total. The average molecular weight is 250 g/mol. The molecule has 0 bridgehead atoms. The van der Waals surface area contributed by atoms with Crippen LogP contribution in [0.2, 0.25) is 5.02 Å². The first-order valence-corrected chi connectivity index (χ1v) is 5.38. The van der Waals surface area contributed by atoms with Gasteiger partial charge in [0.1, 0.15) is 0 Å². The third kappa shape index (κ3) is 2.83. The number of halogens is 1. The van der Waals surface area contributed by atoms with Crippen LogP contribution in [-0.4, -0.2) is 9.97 Å². The summed E-state index contributed by atoms with van der Waals surface area (Å²) in [5, 5.41) is 3.71. The lowest BCUT2D eigenvalue weighted by Crippen LogP contribution is -2.09. The van der Waals surface area contributed by atoms with Crippen LogP contribution in [0.5, 0.6) is 0 Å². The second kappa shape index (κ2) is 4.99. The van der Waals surface area contributed by atoms with Gasteiger partial charge in [-0.1, -0.05) is 17.7 Å². The molecule has 2 rings (SSSR count). The van der Waals surface area contributed by atoms with Crippen molar-refractivity contribution in [1.29, 1.82) is 0 Å². The fraction of sp³-hybridized carbons (Fsp3) is 0.0909. The van der Waals surface area contributed by atoms with Gasteiger partial charge in [0.05, 0.1) is 23.1 Å². The zero-order chi connectivity index (χ0) is 12.3. The monoisotopic (exact) mass is 249 g/mol. The Balaban J connectivity index is 2.27. The molecule has 0 amide bonds. The molecule has 0 aliphatic rings. The molecule has 1 heterocycles. The number of hydrazine groups is 1. The standard InChI is InChI=1S/C11H12ClN5/c1-7-2-3-8(12)9(4-7)15-10-5-14-6-11(16-10)17-13/h2-6H,13H2,1H3,(H2,15,16,17). The topological polar surface area (TPSA) is 75.9 Å². The second-order valence-corrected chi connectivity index (χ2v) is 3.95. The van der Waals surface area contributed by atoms with Crippen LogP contribution in [0.25, 0.3) is 0 Å². The van der Waals surface area contributed by atoms with E-state index in [1.165, 1.54) is 6.20 Å². The number of hydrogen-bond acceptors (Lipinski definition) is 5. The van der Waals surface area contributed by atoms with Gasteiger partial charge in [0, 0.05) is 0 Å². The predicted molar refractivity (Wildman–Crippen MR) is 69.3 cm³/mol. The smallest absolute Gasteiger partial charge is 0.160 e. The van der Waals surface area contributed by atoms with Crippen molar-refractivity contribution in [3.8, 4) is 0 Å². The lowest BCUT2D eigenvalue weighted by molar-refractivity contribution is 1.16. The van der Waals surface area contributed by atoms with Crippen molar-refractivity contribution in [2.75, 3.05) is 10.7 Å². The van der Waals surface area contributed by atoms with Gasteiger partial charge in [0.25, 0.3) is 0 Å². The zero-order valence-corrected chi connectivity index (χ0v) is 9.99. The van der Waals surface area contributed by atoms with Gasteiger partial charge in [0.15, 0.2) is 11.6 Å². The van der Waals surface area contributed by atoms with E-state index in [1.807, 2.05) is 25.1 Å². The highest BCUT2D eigenvalue weighted by molar-refractivity contribution is 6.33. The molecule has 0 aliphatic carbocycles. The average Bonchev–Trinajstić information content (AvgIpc) is 2.34. The normalized spacial score (nSPS) is 10.1. The summed E-state index contributed by atoms with van der Waals surface area (Å²) in [5.74, 6) is 6.32. The number of anilines is 3. The van der Waals surface area contributed by atoms with Crippen molar-refractivity contribution >= 4 is 28.9 Å². The first-order valence-electron chi connectivity index (χ1n) is 5.01. The summed E-state index contributed by atoms with van der Waals surface area (Å²) >= 11 is 6.07. The molecule has 0 aliphatic heterocycles. The lowest BCUT2D eigenvalue weighted by Gasteiger charge is -2.09. The molecule has 5 nitrogen and oxygen atoms in total. The molecule has 6 heteroatoms. The molecule has 0 unspecified atom stereocenters. The summed E-state index contributed by atoms with van der Waals surface area (Å²) in [5.41, 5.74) is 4.33. The van der Waals surface area contributed by atoms with Crippen LogP contribution >= 0.6 is 11.6 Å². The molecule has 0 spiro atoms. The molecule has 1 aromatic heterocycles. The Kier molecular flexibility index (Phi) is 3.41. The van der Waals surface area contributed by atoms with Crippen LogP contribution in [0, 0.1) is 6.92 Å². The maximum Gasteiger partial charge on any atom is 0.160 e. The molecule has 88 valence electrons. The van der Waals surface area contributed by atoms with Gasteiger partial charge >= 0.3 is 0 Å². The first kappa shape index (κ1) is 11.6. The van der Waals surface area contributed by atoms with E-state index in [0.717, 1.165) is 11.3 Å². The minimum atomic E-state index is 0.485. The molecule has 0 radical (unpaired) electrons. The summed E-state index contributed by atoms with van der Waals surface area (Å²) in [6, 6.07) is 5.71. The minimum absolute atomic E-state index is 0.485. The highest BCUT2D eigenvalue weighted by Crippen LogP contribution is 2.25. The number of aryl methyl sites for hydroxylation is 1. The van der Waals surface area contributed by atoms with E-state index in [9.17, 15) is 0 Å². The molecule has 0 fully saturated rings. The number of aromatic nitrogens is 2. The largest absolute Gasteiger partial charge is 0.338 e. The Bertz CT molecular complexity index is 529. The summed E-state index contributed by atoms with van der Waals surface area (Å²) in [6.07, 6.45) is 3.13. The van der Waals surface area contributed by atoms with E-state index in [4.69, 9.17) is 17.4 Å². The van der Waals surface area contributed by atoms with Gasteiger partial charge in [-0.25, -0.2) is 10.8 Å². The molecular weight excluding hydrogens is 238 g/mol. The summed E-state index contributed by atoms with van der Waals surface area (Å²) < 4.78 is 0. The van der Waals surface area contributed by atoms with E-state index in [1.54, 1.807) is 6.20 Å². The number of hydrogen-bond donors (Lipinski definition) is 3. The Morgan fingerprint density at radius 3 is 2.76 bits per heavy atom. The molecule has 0 saturated heterocycles. The maximum absolute atomic E-state index is 6.07. The van der Waals surface area contributed by atoms with Gasteiger partial charge in [-0.15, -0.1) is 0 Å². The van der Waals surface area contributed by atoms with Crippen molar-refractivity contribution in [3.63, 3.8) is 0 Å². The van der Waals surface area contributed by atoms with Crippen LogP contribution in [0.4, 0.5) is 17.3 Å². The number of nitrogen functional groups attached to an aromatic ring is 1. The van der Waals surface area contributed by atoms with Gasteiger partial charge in [-0.05, 0) is 24.6 Å². The van der Waals surface area contributed by atoms with Crippen molar-refractivity contribution in [1.82, 2.24) is 9.97 Å². The predicted octanol–water partition coefficient (Wildman–Crippen LogP) is 2.47. The third-order valence-corrected chi connectivity index (χ3v) is 2.50. The van der Waals surface area contributed by atoms with Gasteiger partial charge in [0.2, 0.25) is 0 Å². The van der Waals surface area contributed by atoms with Crippen molar-refractivity contribution in [2.45, 2.75) is 6.92 Å². The zero-order valence-electron chi connectivity index (χ0n) is 9.24. The maximum atomic E-state index is 6.07. The van der Waals surface area contributed by atoms with E-state index in [0.29, 0.717) is 16.7 Å². The number of nitrogens with zero attached hydrogens (tertiary/aromatic N) is 2. The SMILES string of the molecule is Cc1ccc(Cl)c(Nc2cncc(NN)n2)c1. The summed E-state index contributed by atoms with van der Waals surface area (Å²) in [6.45, 7) is 1.99. The van der Waals surface area contributed by atoms with Crippen LogP contribution in [0.3, 0.4) is 0 Å². The fourth-order valence-corrected chi connectivity index (χ4v) is 1.53. The third-order valence-electron chi connectivity index (χ3n) is 2.17. The van der Waals surface area contributed by atoms with E-state index >= 15 is 0 Å². The Hall–Kier alpha value is -1.85. The van der Waals surface area contributed by atoms with Crippen molar-refractivity contribution in [2.24, 2.45) is 5.84 Å². The lowest BCUT2D eigenvalue weighted by atomic mass is 10.2. The van der Waals surface area contributed by atoms with E-state index < -0.39 is 0 Å². The number of benzene rings is 1. The van der Waals surface area contributed by atoms with Crippen LogP contribution < -0.4 is 16.6 Å². The van der Waals surface area contributed by atoms with Gasteiger partial charge < -0.3 is 10.7 Å². The van der Waals surface area contributed by atoms with Gasteiger partial charge in [-0.3, -0.25) is 4.98 Å². The quantitative estimate of drug-likeness (QED) is 0.576. The van der Waals surface area contributed by atoms with Crippen molar-refractivity contribution < 1.29 is 0 Å².